The maximum absolute atomic E-state index is 11.2. The van der Waals surface area contributed by atoms with E-state index in [1.165, 1.54) is 50.7 Å². The molecule has 0 aliphatic rings. The van der Waals surface area contributed by atoms with Crippen molar-refractivity contribution in [2.45, 2.75) is 69.6 Å². The van der Waals surface area contributed by atoms with E-state index < -0.39 is 21.0 Å². The third-order valence-electron chi connectivity index (χ3n) is 3.87. The van der Waals surface area contributed by atoms with Crippen molar-refractivity contribution >= 4 is 16.1 Å². The Morgan fingerprint density at radius 2 is 1.57 bits per heavy atom. The van der Waals surface area contributed by atoms with E-state index >= 15 is 0 Å². The van der Waals surface area contributed by atoms with Crippen LogP contribution in [0.4, 0.5) is 0 Å². The summed E-state index contributed by atoms with van der Waals surface area (Å²) in [6.45, 7) is 2.19. The van der Waals surface area contributed by atoms with Crippen molar-refractivity contribution in [1.29, 1.82) is 0 Å². The predicted molar refractivity (Wildman–Crippen MR) is 89.5 cm³/mol. The lowest BCUT2D eigenvalue weighted by Gasteiger charge is -2.07. The first-order chi connectivity index (χ1) is 10.9. The molecular weight excluding hydrogens is 316 g/mol. The Morgan fingerprint density at radius 1 is 1.00 bits per heavy atom. The van der Waals surface area contributed by atoms with Crippen molar-refractivity contribution in [3.05, 3.63) is 29.3 Å². The van der Waals surface area contributed by atoms with Crippen LogP contribution < -0.4 is 0 Å². The van der Waals surface area contributed by atoms with Crippen LogP contribution in [0.15, 0.2) is 23.1 Å². The largest absolute Gasteiger partial charge is 0.478 e. The number of benzene rings is 1. The highest BCUT2D eigenvalue weighted by atomic mass is 32.2. The zero-order chi connectivity index (χ0) is 17.3. The molecule has 0 unspecified atom stereocenters. The molecule has 130 valence electrons. The van der Waals surface area contributed by atoms with E-state index in [9.17, 15) is 13.2 Å². The fourth-order valence-corrected chi connectivity index (χ4v) is 3.25. The number of aryl methyl sites for hydroxylation is 1. The van der Waals surface area contributed by atoms with E-state index in [0.29, 0.717) is 6.42 Å². The summed E-state index contributed by atoms with van der Waals surface area (Å²) in [4.78, 5) is 10.6. The number of unbranched alkanes of at least 4 members (excludes halogenated alkanes) is 7. The number of carbonyl (C=O) groups is 1. The number of hydrogen-bond donors (Lipinski definition) is 2. The Hall–Kier alpha value is -1.40. The molecule has 0 heterocycles. The summed E-state index contributed by atoms with van der Waals surface area (Å²) in [6, 6.07) is 4.07. The highest BCUT2D eigenvalue weighted by Crippen LogP contribution is 2.19. The molecule has 0 aromatic heterocycles. The minimum absolute atomic E-state index is 0.371. The summed E-state index contributed by atoms with van der Waals surface area (Å²) in [6.07, 6.45) is 10.2. The summed E-state index contributed by atoms with van der Waals surface area (Å²) in [5.41, 5.74) is 0.408. The lowest BCUT2D eigenvalue weighted by atomic mass is 10.0. The van der Waals surface area contributed by atoms with Crippen LogP contribution in [0.3, 0.4) is 0 Å². The molecule has 2 N–H and O–H groups in total. The van der Waals surface area contributed by atoms with Crippen molar-refractivity contribution in [2.24, 2.45) is 0 Å². The van der Waals surface area contributed by atoms with Gasteiger partial charge in [-0.05, 0) is 30.5 Å². The van der Waals surface area contributed by atoms with Gasteiger partial charge in [0.1, 0.15) is 4.90 Å². The molecule has 0 saturated carbocycles. The first-order valence-electron chi connectivity index (χ1n) is 8.20. The highest BCUT2D eigenvalue weighted by Gasteiger charge is 2.20. The summed E-state index contributed by atoms with van der Waals surface area (Å²) in [5.74, 6) is -1.35. The second-order valence-corrected chi connectivity index (χ2v) is 7.23. The predicted octanol–water partition coefficient (Wildman–Crippen LogP) is 4.31. The van der Waals surface area contributed by atoms with Crippen LogP contribution in [-0.4, -0.2) is 24.0 Å². The minimum Gasteiger partial charge on any atom is -0.478 e. The third kappa shape index (κ3) is 7.14. The number of hydrogen-bond acceptors (Lipinski definition) is 3. The molecule has 0 aliphatic carbocycles. The van der Waals surface area contributed by atoms with E-state index in [4.69, 9.17) is 9.66 Å². The van der Waals surface area contributed by atoms with Gasteiger partial charge in [-0.3, -0.25) is 4.55 Å². The number of carboxylic acid groups (broad SMARTS) is 1. The molecule has 0 radical (unpaired) electrons. The van der Waals surface area contributed by atoms with E-state index in [0.717, 1.165) is 18.4 Å². The first kappa shape index (κ1) is 19.6. The molecule has 1 aromatic rings. The normalized spacial score (nSPS) is 11.6. The Bertz CT molecular complexity index is 607. The van der Waals surface area contributed by atoms with Gasteiger partial charge >= 0.3 is 5.97 Å². The van der Waals surface area contributed by atoms with Crippen molar-refractivity contribution in [2.75, 3.05) is 0 Å². The Balaban J connectivity index is 2.49. The van der Waals surface area contributed by atoms with Gasteiger partial charge in [0.2, 0.25) is 0 Å². The van der Waals surface area contributed by atoms with E-state index in [1.807, 2.05) is 0 Å². The molecule has 0 aliphatic heterocycles. The standard InChI is InChI=1S/C17H26O5S/c1-2-3-4-5-6-7-8-9-10-14-11-12-16(23(20,21)22)15(13-14)17(18)19/h11-13H,2-10H2,1H3,(H,18,19)(H,20,21,22). The Labute approximate surface area is 138 Å². The average molecular weight is 342 g/mol. The lowest BCUT2D eigenvalue weighted by Crippen LogP contribution is -2.08. The van der Waals surface area contributed by atoms with Gasteiger partial charge in [0.15, 0.2) is 0 Å². The second-order valence-electron chi connectivity index (χ2n) is 5.84. The van der Waals surface area contributed by atoms with Gasteiger partial charge in [0.25, 0.3) is 10.1 Å². The number of rotatable bonds is 11. The van der Waals surface area contributed by atoms with Gasteiger partial charge in [-0.15, -0.1) is 0 Å². The molecular formula is C17H26O5S. The van der Waals surface area contributed by atoms with Crippen LogP contribution in [0.5, 0.6) is 0 Å². The lowest BCUT2D eigenvalue weighted by molar-refractivity contribution is 0.0692. The van der Waals surface area contributed by atoms with Crippen molar-refractivity contribution in [3.8, 4) is 0 Å². The summed E-state index contributed by atoms with van der Waals surface area (Å²) < 4.78 is 31.4. The molecule has 1 aromatic carbocycles. The number of aromatic carboxylic acids is 1. The zero-order valence-corrected chi connectivity index (χ0v) is 14.4. The molecule has 0 spiro atoms. The molecule has 5 nitrogen and oxygen atoms in total. The quantitative estimate of drug-likeness (QED) is 0.462. The maximum Gasteiger partial charge on any atom is 0.337 e. The monoisotopic (exact) mass is 342 g/mol. The second kappa shape index (κ2) is 9.67. The maximum atomic E-state index is 11.2. The SMILES string of the molecule is CCCCCCCCCCc1ccc(S(=O)(=O)O)c(C(=O)O)c1. The van der Waals surface area contributed by atoms with Gasteiger partial charge in [-0.2, -0.15) is 8.42 Å². The first-order valence-corrected chi connectivity index (χ1v) is 9.64. The molecule has 1 rings (SSSR count). The molecule has 0 bridgehead atoms. The smallest absolute Gasteiger partial charge is 0.337 e. The van der Waals surface area contributed by atoms with Crippen LogP contribution >= 0.6 is 0 Å². The van der Waals surface area contributed by atoms with E-state index in [-0.39, 0.29) is 5.56 Å². The fraction of sp³-hybridized carbons (Fsp3) is 0.588. The Morgan fingerprint density at radius 3 is 2.09 bits per heavy atom. The van der Waals surface area contributed by atoms with Gasteiger partial charge in [0.05, 0.1) is 5.56 Å². The van der Waals surface area contributed by atoms with Gasteiger partial charge in [0, 0.05) is 0 Å². The Kier molecular flexibility index (Phi) is 8.26. The molecule has 0 fully saturated rings. The van der Waals surface area contributed by atoms with Crippen LogP contribution in [0.2, 0.25) is 0 Å². The van der Waals surface area contributed by atoms with Gasteiger partial charge in [-0.1, -0.05) is 57.9 Å². The van der Waals surface area contributed by atoms with E-state index in [1.54, 1.807) is 6.07 Å². The third-order valence-corrected chi connectivity index (χ3v) is 4.78. The summed E-state index contributed by atoms with van der Waals surface area (Å²) in [7, 11) is -4.52. The van der Waals surface area contributed by atoms with Crippen LogP contribution in [0.25, 0.3) is 0 Å². The van der Waals surface area contributed by atoms with E-state index in [2.05, 4.69) is 6.92 Å². The summed E-state index contributed by atoms with van der Waals surface area (Å²) >= 11 is 0. The van der Waals surface area contributed by atoms with Crippen LogP contribution in [0.1, 0.15) is 74.2 Å². The molecule has 0 saturated heterocycles. The minimum atomic E-state index is -4.52. The molecule has 0 amide bonds. The highest BCUT2D eigenvalue weighted by molar-refractivity contribution is 7.86. The van der Waals surface area contributed by atoms with Crippen LogP contribution in [-0.2, 0) is 16.5 Å². The molecule has 23 heavy (non-hydrogen) atoms. The topological polar surface area (TPSA) is 91.7 Å². The molecule has 6 heteroatoms. The summed E-state index contributed by atoms with van der Waals surface area (Å²) in [5, 5.41) is 9.09. The van der Waals surface area contributed by atoms with Crippen LogP contribution in [0, 0.1) is 0 Å². The molecule has 0 atom stereocenters. The average Bonchev–Trinajstić information content (AvgIpc) is 2.48. The fourth-order valence-electron chi connectivity index (χ4n) is 2.59. The number of carboxylic acids is 1. The van der Waals surface area contributed by atoms with Gasteiger partial charge in [-0.25, -0.2) is 4.79 Å². The van der Waals surface area contributed by atoms with Crippen molar-refractivity contribution in [1.82, 2.24) is 0 Å². The van der Waals surface area contributed by atoms with Gasteiger partial charge < -0.3 is 5.11 Å². The zero-order valence-electron chi connectivity index (χ0n) is 13.6. The van der Waals surface area contributed by atoms with Crippen molar-refractivity contribution in [3.63, 3.8) is 0 Å². The van der Waals surface area contributed by atoms with Crippen molar-refractivity contribution < 1.29 is 22.9 Å².